The van der Waals surface area contributed by atoms with Gasteiger partial charge in [-0.1, -0.05) is 5.16 Å². The summed E-state index contributed by atoms with van der Waals surface area (Å²) in [4.78, 5) is 22.9. The number of carbonyl (C=O) groups is 1. The van der Waals surface area contributed by atoms with Crippen molar-refractivity contribution in [1.82, 2.24) is 20.0 Å². The Balaban J connectivity index is 1.77. The van der Waals surface area contributed by atoms with Crippen molar-refractivity contribution in [2.45, 2.75) is 13.8 Å². The standard InChI is InChI=1S/C15H21N5O4/c1-3-23-15(21)12-11-13(17-10(2)18-14(11)24-19-12)16-4-5-20-6-8-22-9-7-20/h3-9H2,1-2H3,(H,16,17,18). The summed E-state index contributed by atoms with van der Waals surface area (Å²) in [5, 5.41) is 7.51. The van der Waals surface area contributed by atoms with E-state index in [1.807, 2.05) is 0 Å². The van der Waals surface area contributed by atoms with Crippen molar-refractivity contribution >= 4 is 22.9 Å². The predicted molar refractivity (Wildman–Crippen MR) is 86.0 cm³/mol. The Bertz CT molecular complexity index is 711. The number of ether oxygens (including phenoxy) is 2. The minimum absolute atomic E-state index is 0.0979. The average Bonchev–Trinajstić information content (AvgIpc) is 3.00. The molecule has 0 atom stereocenters. The number of nitrogens with one attached hydrogen (secondary N) is 1. The summed E-state index contributed by atoms with van der Waals surface area (Å²) in [5.41, 5.74) is 0.375. The lowest BCUT2D eigenvalue weighted by Gasteiger charge is -2.26. The van der Waals surface area contributed by atoms with Crippen molar-refractivity contribution in [3.63, 3.8) is 0 Å². The largest absolute Gasteiger partial charge is 0.461 e. The Morgan fingerprint density at radius 2 is 2.12 bits per heavy atom. The summed E-state index contributed by atoms with van der Waals surface area (Å²) in [7, 11) is 0. The molecule has 3 rings (SSSR count). The van der Waals surface area contributed by atoms with E-state index in [9.17, 15) is 4.79 Å². The van der Waals surface area contributed by atoms with E-state index < -0.39 is 5.97 Å². The van der Waals surface area contributed by atoms with E-state index in [0.29, 0.717) is 23.6 Å². The number of anilines is 1. The number of hydrogen-bond donors (Lipinski definition) is 1. The first-order chi connectivity index (χ1) is 11.7. The number of rotatable bonds is 6. The molecule has 1 fully saturated rings. The number of carbonyl (C=O) groups excluding carboxylic acids is 1. The van der Waals surface area contributed by atoms with Crippen LogP contribution in [0.1, 0.15) is 23.2 Å². The van der Waals surface area contributed by atoms with Crippen LogP contribution in [0.25, 0.3) is 11.1 Å². The molecule has 1 aliphatic heterocycles. The van der Waals surface area contributed by atoms with Gasteiger partial charge in [0.1, 0.15) is 17.0 Å². The Hall–Kier alpha value is -2.26. The van der Waals surface area contributed by atoms with E-state index in [-0.39, 0.29) is 18.0 Å². The zero-order chi connectivity index (χ0) is 16.9. The summed E-state index contributed by atoms with van der Waals surface area (Å²) in [6.07, 6.45) is 0. The van der Waals surface area contributed by atoms with Crippen LogP contribution in [0.4, 0.5) is 5.82 Å². The summed E-state index contributed by atoms with van der Waals surface area (Å²) < 4.78 is 15.5. The molecule has 1 N–H and O–H groups in total. The third-order valence-electron chi connectivity index (χ3n) is 3.74. The molecule has 2 aromatic heterocycles. The minimum atomic E-state index is -0.542. The zero-order valence-electron chi connectivity index (χ0n) is 13.9. The van der Waals surface area contributed by atoms with Gasteiger partial charge in [0.05, 0.1) is 19.8 Å². The molecule has 1 saturated heterocycles. The molecule has 9 heteroatoms. The predicted octanol–water partition coefficient (Wildman–Crippen LogP) is 0.847. The Kier molecular flexibility index (Phi) is 5.21. The van der Waals surface area contributed by atoms with Gasteiger partial charge in [0.2, 0.25) is 5.69 Å². The van der Waals surface area contributed by atoms with Crippen LogP contribution in [0.2, 0.25) is 0 Å². The van der Waals surface area contributed by atoms with Crippen LogP contribution < -0.4 is 5.32 Å². The van der Waals surface area contributed by atoms with E-state index in [1.54, 1.807) is 13.8 Å². The quantitative estimate of drug-likeness (QED) is 0.769. The smallest absolute Gasteiger partial charge is 0.361 e. The Morgan fingerprint density at radius 3 is 2.88 bits per heavy atom. The lowest BCUT2D eigenvalue weighted by atomic mass is 10.2. The van der Waals surface area contributed by atoms with Gasteiger partial charge in [-0.15, -0.1) is 0 Å². The van der Waals surface area contributed by atoms with Crippen LogP contribution in [0.3, 0.4) is 0 Å². The van der Waals surface area contributed by atoms with Crippen LogP contribution in [0, 0.1) is 6.92 Å². The molecule has 0 radical (unpaired) electrons. The van der Waals surface area contributed by atoms with Gasteiger partial charge in [0, 0.05) is 26.2 Å². The molecule has 0 aromatic carbocycles. The summed E-state index contributed by atoms with van der Waals surface area (Å²) in [5.74, 6) is 0.540. The second-order valence-corrected chi connectivity index (χ2v) is 5.43. The molecule has 0 saturated carbocycles. The molecule has 2 aromatic rings. The lowest BCUT2D eigenvalue weighted by molar-refractivity contribution is 0.0398. The fraction of sp³-hybridized carbons (Fsp3) is 0.600. The van der Waals surface area contributed by atoms with E-state index >= 15 is 0 Å². The van der Waals surface area contributed by atoms with E-state index in [2.05, 4.69) is 25.3 Å². The highest BCUT2D eigenvalue weighted by Crippen LogP contribution is 2.24. The molecular formula is C15H21N5O4. The Morgan fingerprint density at radius 1 is 1.33 bits per heavy atom. The van der Waals surface area contributed by atoms with Crippen molar-refractivity contribution in [2.75, 3.05) is 51.3 Å². The van der Waals surface area contributed by atoms with Crippen molar-refractivity contribution in [3.05, 3.63) is 11.5 Å². The molecule has 0 amide bonds. The van der Waals surface area contributed by atoms with Gasteiger partial charge in [-0.25, -0.2) is 9.78 Å². The summed E-state index contributed by atoms with van der Waals surface area (Å²) >= 11 is 0. The second-order valence-electron chi connectivity index (χ2n) is 5.43. The van der Waals surface area contributed by atoms with Gasteiger partial charge in [-0.05, 0) is 13.8 Å². The molecule has 24 heavy (non-hydrogen) atoms. The van der Waals surface area contributed by atoms with Crippen LogP contribution in [-0.2, 0) is 9.47 Å². The van der Waals surface area contributed by atoms with Gasteiger partial charge >= 0.3 is 5.97 Å². The molecule has 3 heterocycles. The number of hydrogen-bond acceptors (Lipinski definition) is 9. The highest BCUT2D eigenvalue weighted by Gasteiger charge is 2.23. The first kappa shape index (κ1) is 16.6. The van der Waals surface area contributed by atoms with E-state index in [0.717, 1.165) is 32.8 Å². The van der Waals surface area contributed by atoms with Crippen LogP contribution >= 0.6 is 0 Å². The van der Waals surface area contributed by atoms with Gasteiger partial charge < -0.3 is 19.3 Å². The van der Waals surface area contributed by atoms with Crippen molar-refractivity contribution in [3.8, 4) is 0 Å². The SMILES string of the molecule is CCOC(=O)c1noc2nc(C)nc(NCCN3CCOCC3)c12. The summed E-state index contributed by atoms with van der Waals surface area (Å²) in [6.45, 7) is 8.65. The first-order valence-electron chi connectivity index (χ1n) is 8.04. The Labute approximate surface area is 139 Å². The molecule has 130 valence electrons. The van der Waals surface area contributed by atoms with Crippen LogP contribution in [-0.4, -0.2) is 72.0 Å². The normalized spacial score (nSPS) is 15.6. The average molecular weight is 335 g/mol. The van der Waals surface area contributed by atoms with Gasteiger partial charge in [-0.3, -0.25) is 4.90 Å². The monoisotopic (exact) mass is 335 g/mol. The fourth-order valence-electron chi connectivity index (χ4n) is 2.58. The first-order valence-corrected chi connectivity index (χ1v) is 8.04. The maximum Gasteiger partial charge on any atom is 0.361 e. The number of fused-ring (bicyclic) bond motifs is 1. The van der Waals surface area contributed by atoms with Crippen molar-refractivity contribution in [2.24, 2.45) is 0 Å². The highest BCUT2D eigenvalue weighted by molar-refractivity contribution is 6.04. The topological polar surface area (TPSA) is 103 Å². The third-order valence-corrected chi connectivity index (χ3v) is 3.74. The minimum Gasteiger partial charge on any atom is -0.461 e. The van der Waals surface area contributed by atoms with Gasteiger partial charge in [0.25, 0.3) is 5.71 Å². The van der Waals surface area contributed by atoms with Gasteiger partial charge in [-0.2, -0.15) is 4.98 Å². The molecule has 9 nitrogen and oxygen atoms in total. The van der Waals surface area contributed by atoms with Crippen LogP contribution in [0.15, 0.2) is 4.52 Å². The molecule has 0 bridgehead atoms. The maximum absolute atomic E-state index is 12.0. The van der Waals surface area contributed by atoms with E-state index in [1.165, 1.54) is 0 Å². The molecule has 1 aliphatic rings. The summed E-state index contributed by atoms with van der Waals surface area (Å²) in [6, 6.07) is 0. The fourth-order valence-corrected chi connectivity index (χ4v) is 2.58. The molecule has 0 aliphatic carbocycles. The highest BCUT2D eigenvalue weighted by atomic mass is 16.5. The van der Waals surface area contributed by atoms with Crippen molar-refractivity contribution in [1.29, 1.82) is 0 Å². The molecular weight excluding hydrogens is 314 g/mol. The van der Waals surface area contributed by atoms with Crippen LogP contribution in [0.5, 0.6) is 0 Å². The number of aryl methyl sites for hydroxylation is 1. The molecule has 0 unspecified atom stereocenters. The molecule has 0 spiro atoms. The third kappa shape index (κ3) is 3.62. The lowest BCUT2D eigenvalue weighted by Crippen LogP contribution is -2.39. The number of nitrogens with zero attached hydrogens (tertiary/aromatic N) is 4. The van der Waals surface area contributed by atoms with Gasteiger partial charge in [0.15, 0.2) is 0 Å². The number of esters is 1. The number of morpholine rings is 1. The number of aromatic nitrogens is 3. The second kappa shape index (κ2) is 7.54. The van der Waals surface area contributed by atoms with Crippen molar-refractivity contribution < 1.29 is 18.8 Å². The maximum atomic E-state index is 12.0. The van der Waals surface area contributed by atoms with E-state index in [4.69, 9.17) is 14.0 Å². The zero-order valence-corrected chi connectivity index (χ0v) is 13.9.